The Morgan fingerprint density at radius 2 is 2.14 bits per heavy atom. The Kier molecular flexibility index (Phi) is 2.50. The fourth-order valence-electron chi connectivity index (χ4n) is 1.17. The van der Waals surface area contributed by atoms with Crippen molar-refractivity contribution in [3.05, 3.63) is 35.8 Å². The zero-order chi connectivity index (χ0) is 9.97. The van der Waals surface area contributed by atoms with Gasteiger partial charge < -0.3 is 4.98 Å². The molecule has 0 aliphatic heterocycles. The number of H-pyrrole nitrogens is 1. The highest BCUT2D eigenvalue weighted by atomic mass is 35.5. The number of alkyl halides is 1. The van der Waals surface area contributed by atoms with E-state index in [1.165, 1.54) is 0 Å². The van der Waals surface area contributed by atoms with Crippen molar-refractivity contribution in [1.82, 2.24) is 15.0 Å². The van der Waals surface area contributed by atoms with Crippen LogP contribution in [0.15, 0.2) is 24.5 Å². The maximum Gasteiger partial charge on any atom is 0.156 e. The second-order valence-electron chi connectivity index (χ2n) is 3.11. The second kappa shape index (κ2) is 3.80. The number of imidazole rings is 1. The predicted octanol–water partition coefficient (Wildman–Crippen LogP) is 2.52. The molecular formula is C10H10ClN3. The van der Waals surface area contributed by atoms with Gasteiger partial charge in [0, 0.05) is 18.1 Å². The van der Waals surface area contributed by atoms with Gasteiger partial charge in [-0.2, -0.15) is 0 Å². The largest absolute Gasteiger partial charge is 0.340 e. The van der Waals surface area contributed by atoms with Crippen molar-refractivity contribution in [2.24, 2.45) is 0 Å². The Labute approximate surface area is 87.2 Å². The molecule has 0 atom stereocenters. The summed E-state index contributed by atoms with van der Waals surface area (Å²) in [6.07, 6.45) is 3.54. The maximum absolute atomic E-state index is 5.66. The van der Waals surface area contributed by atoms with Gasteiger partial charge in [0.15, 0.2) is 5.82 Å². The molecule has 0 bridgehead atoms. The lowest BCUT2D eigenvalue weighted by atomic mass is 10.3. The van der Waals surface area contributed by atoms with Gasteiger partial charge in [-0.15, -0.1) is 11.6 Å². The lowest BCUT2D eigenvalue weighted by Gasteiger charge is -1.96. The molecule has 3 nitrogen and oxygen atoms in total. The molecule has 2 heterocycles. The molecule has 72 valence electrons. The van der Waals surface area contributed by atoms with Crippen LogP contribution < -0.4 is 0 Å². The van der Waals surface area contributed by atoms with Gasteiger partial charge in [-0.3, -0.25) is 4.98 Å². The summed E-state index contributed by atoms with van der Waals surface area (Å²) in [5.41, 5.74) is 2.88. The Morgan fingerprint density at radius 1 is 1.29 bits per heavy atom. The summed E-state index contributed by atoms with van der Waals surface area (Å²) in [5.74, 6) is 1.21. The quantitative estimate of drug-likeness (QED) is 0.769. The van der Waals surface area contributed by atoms with E-state index < -0.39 is 0 Å². The van der Waals surface area contributed by atoms with Crippen LogP contribution in [0.3, 0.4) is 0 Å². The molecule has 2 rings (SSSR count). The van der Waals surface area contributed by atoms with E-state index in [9.17, 15) is 0 Å². The SMILES string of the molecule is Cc1ccc(-c2ncc(CCl)[nH]2)nc1. The second-order valence-corrected chi connectivity index (χ2v) is 3.38. The van der Waals surface area contributed by atoms with Gasteiger partial charge in [-0.25, -0.2) is 4.98 Å². The van der Waals surface area contributed by atoms with Crippen LogP contribution in [0.5, 0.6) is 0 Å². The molecule has 0 saturated heterocycles. The number of aryl methyl sites for hydroxylation is 1. The number of aromatic amines is 1. The van der Waals surface area contributed by atoms with Gasteiger partial charge in [0.05, 0.1) is 5.88 Å². The number of hydrogen-bond donors (Lipinski definition) is 1. The van der Waals surface area contributed by atoms with Gasteiger partial charge in [0.25, 0.3) is 0 Å². The molecule has 0 aliphatic carbocycles. The summed E-state index contributed by atoms with van der Waals surface area (Å²) in [6.45, 7) is 2.00. The van der Waals surface area contributed by atoms with Crippen LogP contribution >= 0.6 is 11.6 Å². The van der Waals surface area contributed by atoms with Crippen LogP contribution in [0.2, 0.25) is 0 Å². The number of pyridine rings is 1. The Bertz CT molecular complexity index is 419. The average Bonchev–Trinajstić information content (AvgIpc) is 2.67. The zero-order valence-corrected chi connectivity index (χ0v) is 8.54. The van der Waals surface area contributed by atoms with Crippen molar-refractivity contribution in [3.8, 4) is 11.5 Å². The summed E-state index contributed by atoms with van der Waals surface area (Å²) in [4.78, 5) is 11.5. The van der Waals surface area contributed by atoms with Crippen LogP contribution in [0, 0.1) is 6.92 Å². The van der Waals surface area contributed by atoms with Gasteiger partial charge in [-0.05, 0) is 18.6 Å². The van der Waals surface area contributed by atoms with E-state index in [0.717, 1.165) is 22.8 Å². The molecule has 0 fully saturated rings. The van der Waals surface area contributed by atoms with Crippen molar-refractivity contribution in [2.45, 2.75) is 12.8 Å². The smallest absolute Gasteiger partial charge is 0.156 e. The number of halogens is 1. The lowest BCUT2D eigenvalue weighted by molar-refractivity contribution is 1.18. The van der Waals surface area contributed by atoms with E-state index in [1.807, 2.05) is 25.3 Å². The van der Waals surface area contributed by atoms with Crippen molar-refractivity contribution < 1.29 is 0 Å². The minimum absolute atomic E-state index is 0.443. The van der Waals surface area contributed by atoms with Crippen molar-refractivity contribution in [1.29, 1.82) is 0 Å². The molecule has 0 saturated carbocycles. The molecule has 0 aromatic carbocycles. The molecule has 0 unspecified atom stereocenters. The Hall–Kier alpha value is -1.35. The molecule has 1 N–H and O–H groups in total. The minimum atomic E-state index is 0.443. The molecule has 0 radical (unpaired) electrons. The van der Waals surface area contributed by atoms with Gasteiger partial charge >= 0.3 is 0 Å². The van der Waals surface area contributed by atoms with Crippen molar-refractivity contribution >= 4 is 11.6 Å². The molecule has 4 heteroatoms. The number of aromatic nitrogens is 3. The van der Waals surface area contributed by atoms with E-state index in [-0.39, 0.29) is 0 Å². The summed E-state index contributed by atoms with van der Waals surface area (Å²) in [7, 11) is 0. The Balaban J connectivity index is 2.34. The molecule has 2 aromatic rings. The molecule has 2 aromatic heterocycles. The van der Waals surface area contributed by atoms with Crippen LogP contribution in [-0.2, 0) is 5.88 Å². The fraction of sp³-hybridized carbons (Fsp3) is 0.200. The zero-order valence-electron chi connectivity index (χ0n) is 7.79. The molecular weight excluding hydrogens is 198 g/mol. The van der Waals surface area contributed by atoms with E-state index in [1.54, 1.807) is 6.20 Å². The first kappa shape index (κ1) is 9.21. The van der Waals surface area contributed by atoms with E-state index in [4.69, 9.17) is 11.6 Å². The highest BCUT2D eigenvalue weighted by Gasteiger charge is 2.03. The molecule has 0 spiro atoms. The monoisotopic (exact) mass is 207 g/mol. The van der Waals surface area contributed by atoms with Crippen LogP contribution in [0.25, 0.3) is 11.5 Å². The first-order valence-corrected chi connectivity index (χ1v) is 4.86. The fourth-order valence-corrected chi connectivity index (χ4v) is 1.30. The number of nitrogens with zero attached hydrogens (tertiary/aromatic N) is 2. The van der Waals surface area contributed by atoms with E-state index >= 15 is 0 Å². The highest BCUT2D eigenvalue weighted by molar-refractivity contribution is 6.16. The summed E-state index contributed by atoms with van der Waals surface area (Å²) < 4.78 is 0. The van der Waals surface area contributed by atoms with Gasteiger partial charge in [0.1, 0.15) is 5.69 Å². The predicted molar refractivity (Wildman–Crippen MR) is 56.1 cm³/mol. The van der Waals surface area contributed by atoms with E-state index in [0.29, 0.717) is 5.88 Å². The maximum atomic E-state index is 5.66. The lowest BCUT2D eigenvalue weighted by Crippen LogP contribution is -1.86. The van der Waals surface area contributed by atoms with Crippen LogP contribution in [-0.4, -0.2) is 15.0 Å². The third-order valence-electron chi connectivity index (χ3n) is 1.93. The number of nitrogens with one attached hydrogen (secondary N) is 1. The van der Waals surface area contributed by atoms with Crippen molar-refractivity contribution in [2.75, 3.05) is 0 Å². The van der Waals surface area contributed by atoms with Crippen molar-refractivity contribution in [3.63, 3.8) is 0 Å². The average molecular weight is 208 g/mol. The summed E-state index contributed by atoms with van der Waals surface area (Å²) >= 11 is 5.66. The third-order valence-corrected chi connectivity index (χ3v) is 2.21. The van der Waals surface area contributed by atoms with Crippen LogP contribution in [0.1, 0.15) is 11.3 Å². The normalized spacial score (nSPS) is 10.4. The first-order chi connectivity index (χ1) is 6.79. The summed E-state index contributed by atoms with van der Waals surface area (Å²) in [5, 5.41) is 0. The topological polar surface area (TPSA) is 41.6 Å². The standard InChI is InChI=1S/C10H10ClN3/c1-7-2-3-9(12-5-7)10-13-6-8(4-11)14-10/h2-3,5-6H,4H2,1H3,(H,13,14). The molecule has 0 amide bonds. The molecule has 14 heavy (non-hydrogen) atoms. The number of hydrogen-bond acceptors (Lipinski definition) is 2. The Morgan fingerprint density at radius 3 is 2.71 bits per heavy atom. The molecule has 0 aliphatic rings. The number of rotatable bonds is 2. The third kappa shape index (κ3) is 1.77. The van der Waals surface area contributed by atoms with Gasteiger partial charge in [-0.1, -0.05) is 6.07 Å². The van der Waals surface area contributed by atoms with Gasteiger partial charge in [0.2, 0.25) is 0 Å². The van der Waals surface area contributed by atoms with E-state index in [2.05, 4.69) is 15.0 Å². The summed E-state index contributed by atoms with van der Waals surface area (Å²) in [6, 6.07) is 3.94. The first-order valence-electron chi connectivity index (χ1n) is 4.32. The highest BCUT2D eigenvalue weighted by Crippen LogP contribution is 2.13. The van der Waals surface area contributed by atoms with Crippen LogP contribution in [0.4, 0.5) is 0 Å². The minimum Gasteiger partial charge on any atom is -0.340 e.